The maximum atomic E-state index is 12.6. The van der Waals surface area contributed by atoms with E-state index in [0.717, 1.165) is 18.9 Å². The molecule has 2 aromatic heterocycles. The maximum absolute atomic E-state index is 12.6. The van der Waals surface area contributed by atoms with Crippen LogP contribution in [-0.4, -0.2) is 58.2 Å². The fourth-order valence-corrected chi connectivity index (χ4v) is 5.03. The van der Waals surface area contributed by atoms with Crippen LogP contribution in [0.3, 0.4) is 0 Å². The lowest BCUT2D eigenvalue weighted by atomic mass is 9.86. The van der Waals surface area contributed by atoms with Crippen molar-refractivity contribution in [3.05, 3.63) is 47.0 Å². The summed E-state index contributed by atoms with van der Waals surface area (Å²) < 4.78 is 47.4. The quantitative estimate of drug-likeness (QED) is 0.370. The van der Waals surface area contributed by atoms with Gasteiger partial charge in [-0.15, -0.1) is 0 Å². The van der Waals surface area contributed by atoms with Crippen molar-refractivity contribution in [1.82, 2.24) is 15.0 Å². The number of furan rings is 1. The van der Waals surface area contributed by atoms with Gasteiger partial charge in [-0.1, -0.05) is 11.6 Å². The first-order valence-corrected chi connectivity index (χ1v) is 13.2. The van der Waals surface area contributed by atoms with Crippen molar-refractivity contribution in [2.75, 3.05) is 26.9 Å². The largest absolute Gasteiger partial charge is 0.440 e. The zero-order valence-electron chi connectivity index (χ0n) is 19.5. The number of benzene rings is 1. The van der Waals surface area contributed by atoms with Crippen molar-refractivity contribution in [2.45, 2.75) is 42.7 Å². The first-order chi connectivity index (χ1) is 17.2. The molecule has 2 heterocycles. The van der Waals surface area contributed by atoms with Gasteiger partial charge in [0.2, 0.25) is 5.09 Å². The number of methoxy groups -OCH3 is 1. The third kappa shape index (κ3) is 6.44. The van der Waals surface area contributed by atoms with E-state index in [2.05, 4.69) is 10.3 Å². The van der Waals surface area contributed by atoms with Gasteiger partial charge in [-0.05, 0) is 56.0 Å². The van der Waals surface area contributed by atoms with Crippen LogP contribution in [0.5, 0.6) is 0 Å². The zero-order valence-corrected chi connectivity index (χ0v) is 21.1. The molecule has 0 unspecified atom stereocenters. The lowest BCUT2D eigenvalue weighted by molar-refractivity contribution is -0.124. The second-order valence-electron chi connectivity index (χ2n) is 8.38. The Morgan fingerprint density at radius 1 is 1.11 bits per heavy atom. The van der Waals surface area contributed by atoms with Gasteiger partial charge in [-0.2, -0.15) is 8.42 Å². The van der Waals surface area contributed by atoms with Crippen molar-refractivity contribution in [3.8, 4) is 0 Å². The minimum absolute atomic E-state index is 0.110. The summed E-state index contributed by atoms with van der Waals surface area (Å²) in [4.78, 5) is 29.0. The number of hydrogen-bond acceptors (Lipinski definition) is 9. The average molecular weight is 540 g/mol. The Bertz CT molecular complexity index is 1330. The predicted octanol–water partition coefficient (Wildman–Crippen LogP) is 3.00. The van der Waals surface area contributed by atoms with Crippen molar-refractivity contribution in [3.63, 3.8) is 0 Å². The molecule has 1 aliphatic carbocycles. The molecule has 4 rings (SSSR count). The molecule has 1 saturated carbocycles. The van der Waals surface area contributed by atoms with Crippen LogP contribution in [0.2, 0.25) is 5.02 Å². The van der Waals surface area contributed by atoms with Gasteiger partial charge in [-0.25, -0.2) is 9.71 Å². The summed E-state index contributed by atoms with van der Waals surface area (Å²) in [7, 11) is -2.81. The van der Waals surface area contributed by atoms with Gasteiger partial charge < -0.3 is 23.6 Å². The Balaban J connectivity index is 1.28. The van der Waals surface area contributed by atoms with E-state index in [-0.39, 0.29) is 30.9 Å². The number of oxazole rings is 1. The van der Waals surface area contributed by atoms with E-state index in [1.807, 2.05) is 4.72 Å². The summed E-state index contributed by atoms with van der Waals surface area (Å²) in [5, 5.41) is 2.92. The number of hydrogen-bond donors (Lipinski definition) is 2. The fraction of sp³-hybridized carbons (Fsp3) is 0.435. The highest BCUT2D eigenvalue weighted by molar-refractivity contribution is 7.89. The topological polar surface area (TPSA) is 150 Å². The predicted molar refractivity (Wildman–Crippen MR) is 128 cm³/mol. The summed E-state index contributed by atoms with van der Waals surface area (Å²) >= 11 is 6.02. The van der Waals surface area contributed by atoms with Crippen LogP contribution in [0.25, 0.3) is 11.1 Å². The van der Waals surface area contributed by atoms with Crippen LogP contribution in [0.1, 0.15) is 48.0 Å². The number of carbonyl (C=O) groups excluding carboxylic acids is 2. The van der Waals surface area contributed by atoms with Crippen molar-refractivity contribution in [1.29, 1.82) is 0 Å². The van der Waals surface area contributed by atoms with Gasteiger partial charge in [-0.3, -0.25) is 9.59 Å². The van der Waals surface area contributed by atoms with E-state index in [1.165, 1.54) is 13.2 Å². The van der Waals surface area contributed by atoms with Crippen LogP contribution in [0.15, 0.2) is 44.3 Å². The molecule has 2 amide bonds. The van der Waals surface area contributed by atoms with E-state index in [0.29, 0.717) is 34.9 Å². The molecule has 2 N–H and O–H groups in total. The van der Waals surface area contributed by atoms with Gasteiger partial charge in [0.15, 0.2) is 17.2 Å². The molecule has 1 aliphatic rings. The van der Waals surface area contributed by atoms with Crippen LogP contribution in [0.4, 0.5) is 0 Å². The molecular weight excluding hydrogens is 514 g/mol. The summed E-state index contributed by atoms with van der Waals surface area (Å²) in [6, 6.07) is 7.56. The minimum Gasteiger partial charge on any atom is -0.440 e. The molecule has 0 aliphatic heterocycles. The van der Waals surface area contributed by atoms with E-state index >= 15 is 0 Å². The standard InChI is InChI=1S/C23H26ClN3O8S/c1-32-10-11-33-13-20(28)27-36(30,31)21-9-8-19(34-21)22(29)25-16-5-2-14(3-6-16)23-26-17-12-15(24)4-7-18(17)35-23/h4,7-9,12,14,16H,2-3,5-6,10-11,13H2,1H3,(H,25,29)(H,27,28)/t14-,16+. The highest BCUT2D eigenvalue weighted by atomic mass is 35.5. The summed E-state index contributed by atoms with van der Waals surface area (Å²) in [6.45, 7) is -0.0539. The number of sulfonamides is 1. The van der Waals surface area contributed by atoms with Crippen LogP contribution < -0.4 is 10.0 Å². The Morgan fingerprint density at radius 2 is 1.89 bits per heavy atom. The third-order valence-corrected chi connectivity index (χ3v) is 7.24. The van der Waals surface area contributed by atoms with E-state index in [4.69, 9.17) is 29.9 Å². The van der Waals surface area contributed by atoms with Gasteiger partial charge in [0.1, 0.15) is 12.1 Å². The number of halogens is 1. The summed E-state index contributed by atoms with van der Waals surface area (Å²) in [5.74, 6) is -0.786. The molecule has 0 radical (unpaired) electrons. The molecule has 3 aromatic rings. The SMILES string of the molecule is COCCOCC(=O)NS(=O)(=O)c1ccc(C(=O)N[C@H]2CC[C@@H](c3nc4cc(Cl)ccc4o3)CC2)o1. The van der Waals surface area contributed by atoms with Crippen LogP contribution in [0, 0.1) is 0 Å². The molecule has 11 nitrogen and oxygen atoms in total. The number of ether oxygens (including phenoxy) is 2. The maximum Gasteiger partial charge on any atom is 0.297 e. The lowest BCUT2D eigenvalue weighted by Gasteiger charge is -2.27. The van der Waals surface area contributed by atoms with Gasteiger partial charge >= 0.3 is 0 Å². The molecule has 1 aromatic carbocycles. The van der Waals surface area contributed by atoms with E-state index in [1.54, 1.807) is 18.2 Å². The number of fused-ring (bicyclic) bond motifs is 1. The fourth-order valence-electron chi connectivity index (χ4n) is 3.96. The zero-order chi connectivity index (χ0) is 25.7. The number of carbonyl (C=O) groups is 2. The molecule has 13 heteroatoms. The molecular formula is C23H26ClN3O8S. The summed E-state index contributed by atoms with van der Waals surface area (Å²) in [5.41, 5.74) is 1.40. The van der Waals surface area contributed by atoms with Crippen LogP contribution >= 0.6 is 11.6 Å². The smallest absolute Gasteiger partial charge is 0.297 e. The Morgan fingerprint density at radius 3 is 2.64 bits per heavy atom. The lowest BCUT2D eigenvalue weighted by Crippen LogP contribution is -2.37. The first kappa shape index (κ1) is 26.1. The number of rotatable bonds is 10. The second kappa shape index (κ2) is 11.4. The monoisotopic (exact) mass is 539 g/mol. The van der Waals surface area contributed by atoms with Gasteiger partial charge in [0.25, 0.3) is 21.8 Å². The summed E-state index contributed by atoms with van der Waals surface area (Å²) in [6.07, 6.45) is 2.92. The Hall–Kier alpha value is -2.93. The molecule has 0 saturated heterocycles. The van der Waals surface area contributed by atoms with Gasteiger partial charge in [0.05, 0.1) is 13.2 Å². The van der Waals surface area contributed by atoms with E-state index < -0.39 is 33.5 Å². The highest BCUT2D eigenvalue weighted by Crippen LogP contribution is 2.34. The number of nitrogens with zero attached hydrogens (tertiary/aromatic N) is 1. The highest BCUT2D eigenvalue weighted by Gasteiger charge is 2.29. The molecule has 194 valence electrons. The average Bonchev–Trinajstić information content (AvgIpc) is 3.50. The Labute approximate surface area is 212 Å². The number of amides is 2. The Kier molecular flexibility index (Phi) is 8.29. The third-order valence-electron chi connectivity index (χ3n) is 5.76. The molecule has 0 bridgehead atoms. The number of aromatic nitrogens is 1. The van der Waals surface area contributed by atoms with Crippen molar-refractivity contribution < 1.29 is 36.3 Å². The van der Waals surface area contributed by atoms with Gasteiger partial charge in [0, 0.05) is 24.1 Å². The second-order valence-corrected chi connectivity index (χ2v) is 10.4. The van der Waals surface area contributed by atoms with Crippen LogP contribution in [-0.2, 0) is 24.3 Å². The molecule has 0 spiro atoms. The minimum atomic E-state index is -4.28. The van der Waals surface area contributed by atoms with Crippen molar-refractivity contribution in [2.24, 2.45) is 0 Å². The first-order valence-electron chi connectivity index (χ1n) is 11.3. The van der Waals surface area contributed by atoms with Crippen molar-refractivity contribution >= 4 is 44.5 Å². The molecule has 1 fully saturated rings. The van der Waals surface area contributed by atoms with E-state index in [9.17, 15) is 18.0 Å². The normalized spacial score (nSPS) is 18.3. The molecule has 0 atom stereocenters. The number of nitrogens with one attached hydrogen (secondary N) is 2. The molecule has 36 heavy (non-hydrogen) atoms.